The molecular weight excluding hydrogens is 352 g/mol. The summed E-state index contributed by atoms with van der Waals surface area (Å²) in [6, 6.07) is 6.89. The van der Waals surface area contributed by atoms with Crippen LogP contribution in [-0.2, 0) is 10.0 Å². The second kappa shape index (κ2) is 6.49. The lowest BCUT2D eigenvalue weighted by Gasteiger charge is -2.12. The highest BCUT2D eigenvalue weighted by molar-refractivity contribution is 7.92. The maximum Gasteiger partial charge on any atom is 0.262 e. The highest BCUT2D eigenvalue weighted by atomic mass is 35.5. The Morgan fingerprint density at radius 3 is 2.52 bits per heavy atom. The normalized spacial score (nSPS) is 11.1. The zero-order valence-electron chi connectivity index (χ0n) is 11.3. The predicted molar refractivity (Wildman–Crippen MR) is 80.4 cm³/mol. The van der Waals surface area contributed by atoms with E-state index >= 15 is 0 Å². The van der Waals surface area contributed by atoms with E-state index in [1.54, 1.807) is 0 Å². The second-order valence-electron chi connectivity index (χ2n) is 4.33. The molecule has 0 radical (unpaired) electrons. The van der Waals surface area contributed by atoms with Gasteiger partial charge in [0.25, 0.3) is 10.0 Å². The van der Waals surface area contributed by atoms with Crippen LogP contribution >= 0.6 is 11.6 Å². The van der Waals surface area contributed by atoms with Crippen LogP contribution in [0.25, 0.3) is 0 Å². The SMILES string of the molecule is N=C(NO)c1c(F)ccc(NS(=O)(=O)c2cccc(Cl)c2)c1F. The quantitative estimate of drug-likeness (QED) is 0.382. The van der Waals surface area contributed by atoms with Crippen molar-refractivity contribution in [2.75, 3.05) is 4.72 Å². The first-order valence-corrected chi connectivity index (χ1v) is 7.88. The minimum atomic E-state index is -4.17. The van der Waals surface area contributed by atoms with E-state index in [-0.39, 0.29) is 9.92 Å². The average Bonchev–Trinajstić information content (AvgIpc) is 2.50. The molecule has 4 N–H and O–H groups in total. The number of hydroxylamine groups is 1. The van der Waals surface area contributed by atoms with Gasteiger partial charge in [-0.25, -0.2) is 17.2 Å². The fourth-order valence-corrected chi connectivity index (χ4v) is 3.11. The standard InChI is InChI=1S/C13H10ClF2N3O3S/c14-7-2-1-3-8(6-7)23(21,22)19-10-5-4-9(15)11(12(10)16)13(17)18-20/h1-6,19-20H,(H2,17,18). The second-order valence-corrected chi connectivity index (χ2v) is 6.45. The lowest BCUT2D eigenvalue weighted by molar-refractivity contribution is 0.233. The molecule has 0 spiro atoms. The van der Waals surface area contributed by atoms with E-state index in [1.807, 2.05) is 4.72 Å². The van der Waals surface area contributed by atoms with Crippen LogP contribution in [0.15, 0.2) is 41.3 Å². The third-order valence-corrected chi connectivity index (χ3v) is 4.40. The number of amidine groups is 1. The number of halogens is 3. The Morgan fingerprint density at radius 1 is 1.22 bits per heavy atom. The molecule has 0 fully saturated rings. The van der Waals surface area contributed by atoms with Crippen LogP contribution in [0.5, 0.6) is 0 Å². The van der Waals surface area contributed by atoms with Crippen molar-refractivity contribution in [2.45, 2.75) is 4.90 Å². The smallest absolute Gasteiger partial charge is 0.262 e. The molecular formula is C13H10ClF2N3O3S. The van der Waals surface area contributed by atoms with Crippen LogP contribution in [0.3, 0.4) is 0 Å². The van der Waals surface area contributed by atoms with Crippen LogP contribution in [0.2, 0.25) is 5.02 Å². The first-order chi connectivity index (χ1) is 10.8. The Balaban J connectivity index is 2.46. The van der Waals surface area contributed by atoms with Crippen molar-refractivity contribution in [1.82, 2.24) is 5.48 Å². The molecule has 0 bridgehead atoms. The van der Waals surface area contributed by atoms with E-state index < -0.39 is 38.7 Å². The molecule has 0 aliphatic rings. The molecule has 0 atom stereocenters. The molecule has 0 saturated heterocycles. The molecule has 0 heterocycles. The molecule has 0 aliphatic heterocycles. The van der Waals surface area contributed by atoms with Gasteiger partial charge in [0.15, 0.2) is 11.7 Å². The van der Waals surface area contributed by atoms with Crippen molar-refractivity contribution < 1.29 is 22.4 Å². The van der Waals surface area contributed by atoms with Gasteiger partial charge in [-0.05, 0) is 30.3 Å². The number of benzene rings is 2. The Kier molecular flexibility index (Phi) is 4.83. The van der Waals surface area contributed by atoms with Crippen molar-refractivity contribution in [3.63, 3.8) is 0 Å². The van der Waals surface area contributed by atoms with E-state index in [2.05, 4.69) is 0 Å². The van der Waals surface area contributed by atoms with Gasteiger partial charge in [-0.15, -0.1) is 0 Å². The molecule has 0 aromatic heterocycles. The van der Waals surface area contributed by atoms with Gasteiger partial charge >= 0.3 is 0 Å². The average molecular weight is 362 g/mol. The lowest BCUT2D eigenvalue weighted by Crippen LogP contribution is -2.23. The van der Waals surface area contributed by atoms with Gasteiger partial charge in [0.2, 0.25) is 0 Å². The Labute approximate surface area is 135 Å². The molecule has 122 valence electrons. The maximum atomic E-state index is 14.2. The van der Waals surface area contributed by atoms with E-state index in [4.69, 9.17) is 22.2 Å². The van der Waals surface area contributed by atoms with Crippen LogP contribution in [-0.4, -0.2) is 19.5 Å². The molecule has 0 aliphatic carbocycles. The molecule has 2 aromatic rings. The van der Waals surface area contributed by atoms with Gasteiger partial charge in [0.1, 0.15) is 5.82 Å². The summed E-state index contributed by atoms with van der Waals surface area (Å²) in [6.07, 6.45) is 0. The van der Waals surface area contributed by atoms with Crippen molar-refractivity contribution in [2.24, 2.45) is 0 Å². The molecule has 6 nitrogen and oxygen atoms in total. The van der Waals surface area contributed by atoms with Gasteiger partial charge in [0.05, 0.1) is 16.1 Å². The summed E-state index contributed by atoms with van der Waals surface area (Å²) in [5.74, 6) is -3.44. The number of hydrogen-bond donors (Lipinski definition) is 4. The summed E-state index contributed by atoms with van der Waals surface area (Å²) in [5, 5.41) is 16.0. The Morgan fingerprint density at radius 2 is 1.91 bits per heavy atom. The monoisotopic (exact) mass is 361 g/mol. The summed E-state index contributed by atoms with van der Waals surface area (Å²) in [4.78, 5) is -0.217. The topological polar surface area (TPSA) is 102 Å². The summed E-state index contributed by atoms with van der Waals surface area (Å²) >= 11 is 5.71. The highest BCUT2D eigenvalue weighted by Crippen LogP contribution is 2.25. The van der Waals surface area contributed by atoms with E-state index in [0.717, 1.165) is 18.2 Å². The summed E-state index contributed by atoms with van der Waals surface area (Å²) < 4.78 is 54.1. The number of anilines is 1. The predicted octanol–water partition coefficient (Wildman–Crippen LogP) is 2.72. The zero-order valence-corrected chi connectivity index (χ0v) is 12.8. The lowest BCUT2D eigenvalue weighted by atomic mass is 10.1. The minimum absolute atomic E-state index is 0.166. The van der Waals surface area contributed by atoms with Crippen LogP contribution in [0, 0.1) is 17.0 Å². The van der Waals surface area contributed by atoms with Crippen LogP contribution in [0.1, 0.15) is 5.56 Å². The number of hydrogen-bond acceptors (Lipinski definition) is 4. The number of nitrogens with one attached hydrogen (secondary N) is 3. The van der Waals surface area contributed by atoms with Crippen LogP contribution in [0.4, 0.5) is 14.5 Å². The van der Waals surface area contributed by atoms with Gasteiger partial charge in [-0.2, -0.15) is 0 Å². The number of sulfonamides is 1. The molecule has 0 unspecified atom stereocenters. The van der Waals surface area contributed by atoms with E-state index in [1.165, 1.54) is 23.7 Å². The third-order valence-electron chi connectivity index (χ3n) is 2.80. The van der Waals surface area contributed by atoms with Gasteiger partial charge in [-0.1, -0.05) is 17.7 Å². The molecule has 0 saturated carbocycles. The summed E-state index contributed by atoms with van der Waals surface area (Å²) in [5.41, 5.74) is -0.185. The van der Waals surface area contributed by atoms with Gasteiger partial charge in [-0.3, -0.25) is 20.8 Å². The maximum absolute atomic E-state index is 14.2. The van der Waals surface area contributed by atoms with Crippen molar-refractivity contribution in [1.29, 1.82) is 5.41 Å². The minimum Gasteiger partial charge on any atom is -0.290 e. The highest BCUT2D eigenvalue weighted by Gasteiger charge is 2.22. The van der Waals surface area contributed by atoms with Crippen molar-refractivity contribution in [3.8, 4) is 0 Å². The fraction of sp³-hybridized carbons (Fsp3) is 0. The Bertz CT molecular complexity index is 875. The molecule has 23 heavy (non-hydrogen) atoms. The van der Waals surface area contributed by atoms with Crippen LogP contribution < -0.4 is 10.2 Å². The van der Waals surface area contributed by atoms with E-state index in [0.29, 0.717) is 0 Å². The number of rotatable bonds is 4. The van der Waals surface area contributed by atoms with Gasteiger partial charge < -0.3 is 0 Å². The first kappa shape index (κ1) is 17.1. The molecule has 2 aromatic carbocycles. The molecule has 10 heteroatoms. The third kappa shape index (κ3) is 3.58. The Hall–Kier alpha value is -2.23. The van der Waals surface area contributed by atoms with Gasteiger partial charge in [0, 0.05) is 5.02 Å². The molecule has 0 amide bonds. The van der Waals surface area contributed by atoms with E-state index in [9.17, 15) is 17.2 Å². The van der Waals surface area contributed by atoms with Crippen molar-refractivity contribution in [3.05, 3.63) is 58.6 Å². The molecule has 2 rings (SSSR count). The fourth-order valence-electron chi connectivity index (χ4n) is 1.75. The van der Waals surface area contributed by atoms with Crippen molar-refractivity contribution >= 4 is 33.1 Å². The first-order valence-electron chi connectivity index (χ1n) is 6.01. The summed E-state index contributed by atoms with van der Waals surface area (Å²) in [7, 11) is -4.17. The summed E-state index contributed by atoms with van der Waals surface area (Å²) in [6.45, 7) is 0. The zero-order chi connectivity index (χ0) is 17.2. The largest absolute Gasteiger partial charge is 0.290 e.